The number of thioether (sulfide) groups is 1. The Morgan fingerprint density at radius 3 is 2.27 bits per heavy atom. The molecule has 0 bridgehead atoms. The number of hydrogen-bond donors (Lipinski definition) is 11. The van der Waals surface area contributed by atoms with E-state index in [1.165, 1.54) is 35.7 Å². The van der Waals surface area contributed by atoms with Crippen LogP contribution in [-0.4, -0.2) is 141 Å². The summed E-state index contributed by atoms with van der Waals surface area (Å²) >= 11 is 1.43. The van der Waals surface area contributed by atoms with Gasteiger partial charge in [-0.05, 0) is 99.7 Å². The molecule has 1 aliphatic rings. The molecule has 1 fully saturated rings. The number of phenolic OH excluding ortho intramolecular Hbond substituents is 1. The van der Waals surface area contributed by atoms with Gasteiger partial charge in [-0.15, -0.1) is 0 Å². The van der Waals surface area contributed by atoms with Crippen molar-refractivity contribution in [2.75, 3.05) is 31.6 Å². The Hall–Kier alpha value is -5.70. The minimum Gasteiger partial charge on any atom is -0.508 e. The van der Waals surface area contributed by atoms with E-state index in [0.717, 1.165) is 10.9 Å². The first-order valence-electron chi connectivity index (χ1n) is 20.6. The van der Waals surface area contributed by atoms with Gasteiger partial charge in [-0.25, -0.2) is 4.79 Å². The second kappa shape index (κ2) is 24.1. The van der Waals surface area contributed by atoms with Crippen LogP contribution in [0.25, 0.3) is 10.9 Å². The first-order chi connectivity index (χ1) is 29.6. The molecule has 0 radical (unpaired) electrons. The maximum Gasteiger partial charge on any atom is 0.326 e. The number of carboxylic acid groups (broad SMARTS) is 1. The molecule has 1 aliphatic heterocycles. The lowest BCUT2D eigenvalue weighted by Gasteiger charge is -2.31. The van der Waals surface area contributed by atoms with Crippen molar-refractivity contribution in [3.8, 4) is 5.75 Å². The van der Waals surface area contributed by atoms with Crippen molar-refractivity contribution in [2.45, 2.75) is 101 Å². The van der Waals surface area contributed by atoms with Crippen molar-refractivity contribution in [3.05, 3.63) is 65.9 Å². The molecule has 6 amide bonds. The maximum atomic E-state index is 14.3. The van der Waals surface area contributed by atoms with Crippen molar-refractivity contribution < 1.29 is 48.9 Å². The zero-order chi connectivity index (χ0) is 45.3. The number of aliphatic hydroxyl groups excluding tert-OH is 1. The van der Waals surface area contributed by atoms with Gasteiger partial charge in [-0.2, -0.15) is 11.8 Å². The van der Waals surface area contributed by atoms with Gasteiger partial charge in [0.1, 0.15) is 36.0 Å². The quantitative estimate of drug-likeness (QED) is 0.0501. The number of phenols is 1. The van der Waals surface area contributed by atoms with Crippen molar-refractivity contribution in [3.63, 3.8) is 0 Å². The lowest BCUT2D eigenvalue weighted by Crippen LogP contribution is -2.60. The van der Waals surface area contributed by atoms with E-state index >= 15 is 0 Å². The molecule has 0 saturated carbocycles. The molecule has 19 nitrogen and oxygen atoms in total. The number of para-hydroxylation sites is 1. The van der Waals surface area contributed by atoms with E-state index in [1.54, 1.807) is 18.3 Å². The zero-order valence-corrected chi connectivity index (χ0v) is 35.7. The molecule has 20 heteroatoms. The van der Waals surface area contributed by atoms with Crippen molar-refractivity contribution in [1.82, 2.24) is 36.5 Å². The summed E-state index contributed by atoms with van der Waals surface area (Å²) < 4.78 is 0. The molecular weight excluding hydrogens is 823 g/mol. The van der Waals surface area contributed by atoms with E-state index < -0.39 is 90.3 Å². The van der Waals surface area contributed by atoms with Crippen LogP contribution in [0, 0.1) is 0 Å². The fourth-order valence-electron chi connectivity index (χ4n) is 7.18. The van der Waals surface area contributed by atoms with Gasteiger partial charge < -0.3 is 63.3 Å². The normalized spacial score (nSPS) is 16.6. The second-order valence-electron chi connectivity index (χ2n) is 15.3. The highest BCUT2D eigenvalue weighted by molar-refractivity contribution is 7.98. The van der Waals surface area contributed by atoms with Crippen LogP contribution in [0.4, 0.5) is 0 Å². The van der Waals surface area contributed by atoms with Crippen LogP contribution in [0.2, 0.25) is 0 Å². The molecular formula is C42H59N9O10S. The number of hydrogen-bond acceptors (Lipinski definition) is 12. The van der Waals surface area contributed by atoms with Crippen LogP contribution >= 0.6 is 11.8 Å². The molecule has 3 aromatic rings. The van der Waals surface area contributed by atoms with Crippen LogP contribution < -0.4 is 38.1 Å². The molecule has 1 aromatic heterocycles. The lowest BCUT2D eigenvalue weighted by molar-refractivity contribution is -0.144. The molecule has 13 N–H and O–H groups in total. The molecule has 2 heterocycles. The highest BCUT2D eigenvalue weighted by Crippen LogP contribution is 2.23. The van der Waals surface area contributed by atoms with E-state index in [-0.39, 0.29) is 44.4 Å². The van der Waals surface area contributed by atoms with Gasteiger partial charge in [0.05, 0.1) is 18.7 Å². The van der Waals surface area contributed by atoms with Crippen molar-refractivity contribution in [2.24, 2.45) is 11.5 Å². The minimum absolute atomic E-state index is 0.0115. The van der Waals surface area contributed by atoms with Crippen LogP contribution in [0.1, 0.15) is 56.6 Å². The Balaban J connectivity index is 1.45. The van der Waals surface area contributed by atoms with Gasteiger partial charge in [0.15, 0.2) is 0 Å². The Labute approximate surface area is 363 Å². The van der Waals surface area contributed by atoms with E-state index in [1.807, 2.05) is 30.5 Å². The van der Waals surface area contributed by atoms with Gasteiger partial charge in [-0.1, -0.05) is 30.3 Å². The number of benzene rings is 2. The number of amides is 6. The van der Waals surface area contributed by atoms with Crippen LogP contribution in [0.3, 0.4) is 0 Å². The molecule has 338 valence electrons. The second-order valence-corrected chi connectivity index (χ2v) is 16.3. The number of unbranched alkanes of at least 4 members (excludes halogenated alkanes) is 1. The molecule has 62 heavy (non-hydrogen) atoms. The first kappa shape index (κ1) is 49.0. The number of nitrogens with one attached hydrogen (secondary N) is 6. The average Bonchev–Trinajstić information content (AvgIpc) is 3.91. The minimum atomic E-state index is -1.54. The van der Waals surface area contributed by atoms with Crippen LogP contribution in [0.15, 0.2) is 54.7 Å². The maximum absolute atomic E-state index is 14.3. The summed E-state index contributed by atoms with van der Waals surface area (Å²) in [6.07, 6.45) is 4.10. The van der Waals surface area contributed by atoms with Crippen molar-refractivity contribution in [1.29, 1.82) is 0 Å². The monoisotopic (exact) mass is 881 g/mol. The summed E-state index contributed by atoms with van der Waals surface area (Å²) in [6.45, 7) is 1.16. The Morgan fingerprint density at radius 1 is 0.887 bits per heavy atom. The summed E-state index contributed by atoms with van der Waals surface area (Å²) in [4.78, 5) is 97.8. The van der Waals surface area contributed by atoms with Gasteiger partial charge in [0.25, 0.3) is 0 Å². The van der Waals surface area contributed by atoms with E-state index in [2.05, 4.69) is 31.6 Å². The Kier molecular flexibility index (Phi) is 19.0. The first-order valence-corrected chi connectivity index (χ1v) is 22.0. The number of fused-ring (bicyclic) bond motifs is 1. The Morgan fingerprint density at radius 2 is 1.60 bits per heavy atom. The zero-order valence-electron chi connectivity index (χ0n) is 34.9. The van der Waals surface area contributed by atoms with Crippen molar-refractivity contribution >= 4 is 64.1 Å². The predicted octanol–water partition coefficient (Wildman–Crippen LogP) is -0.620. The number of carbonyl (C=O) groups excluding carboxylic acids is 6. The van der Waals surface area contributed by atoms with Gasteiger partial charge >= 0.3 is 5.97 Å². The SMILES string of the molecule is CSCC[C@H](NC(=O)[C@H](Cc1c[nH]c2ccccc12)NC(=O)[C@@H]1CCCN1C(=O)[C@H](CCCCN)NC(=O)[C@@H](NC(=O)CNC(=O)[C@@H](N)Cc1ccc(O)cc1)[C@@H](C)O)C(=O)O. The van der Waals surface area contributed by atoms with E-state index in [9.17, 15) is 48.9 Å². The van der Waals surface area contributed by atoms with E-state index in [4.69, 9.17) is 11.5 Å². The highest BCUT2D eigenvalue weighted by Gasteiger charge is 2.40. The molecule has 7 atom stereocenters. The molecule has 0 unspecified atom stereocenters. The largest absolute Gasteiger partial charge is 0.508 e. The summed E-state index contributed by atoms with van der Waals surface area (Å²) in [5.74, 6) is -4.99. The number of H-pyrrole nitrogens is 1. The highest BCUT2D eigenvalue weighted by atomic mass is 32.2. The third-order valence-corrected chi connectivity index (χ3v) is 11.2. The third-order valence-electron chi connectivity index (χ3n) is 10.6. The summed E-state index contributed by atoms with van der Waals surface area (Å²) in [7, 11) is 0. The number of nitrogens with zero attached hydrogens (tertiary/aromatic N) is 1. The number of aliphatic hydroxyl groups is 1. The van der Waals surface area contributed by atoms with E-state index in [0.29, 0.717) is 42.7 Å². The standard InChI is InChI=1S/C42H59N9O10S/c1-24(52)36(50-35(54)23-46-37(55)29(44)20-25-12-14-27(53)15-13-25)40(58)47-31(10-5-6-17-43)41(59)51-18-7-11-34(51)39(57)49-33(38(56)48-32(42(60)61)16-19-62-2)21-26-22-45-30-9-4-3-8-28(26)30/h3-4,8-9,12-15,22,24,29,31-34,36,45,52-53H,5-7,10-11,16-21,23,43-44H2,1-2H3,(H,46,55)(H,47,58)(H,48,56)(H,49,57)(H,50,54)(H,60,61)/t24-,29+,31+,32+,33+,34+,36+/m1/s1. The number of likely N-dealkylation sites (tertiary alicyclic amines) is 1. The lowest BCUT2D eigenvalue weighted by atomic mass is 10.0. The number of carboxylic acids is 1. The van der Waals surface area contributed by atoms with Crippen LogP contribution in [0.5, 0.6) is 5.75 Å². The summed E-state index contributed by atoms with van der Waals surface area (Å²) in [5, 5.41) is 43.5. The number of rotatable bonds is 24. The van der Waals surface area contributed by atoms with Gasteiger partial charge in [-0.3, -0.25) is 28.8 Å². The van der Waals surface area contributed by atoms with Gasteiger partial charge in [0, 0.05) is 30.1 Å². The fourth-order valence-corrected chi connectivity index (χ4v) is 7.66. The summed E-state index contributed by atoms with van der Waals surface area (Å²) in [5.41, 5.74) is 13.9. The molecule has 2 aromatic carbocycles. The molecule has 4 rings (SSSR count). The molecule has 1 saturated heterocycles. The molecule has 0 aliphatic carbocycles. The van der Waals surface area contributed by atoms with Crippen LogP contribution in [-0.2, 0) is 46.4 Å². The molecule has 0 spiro atoms. The Bertz CT molecular complexity index is 2010. The smallest absolute Gasteiger partial charge is 0.326 e. The predicted molar refractivity (Wildman–Crippen MR) is 232 cm³/mol. The summed E-state index contributed by atoms with van der Waals surface area (Å²) in [6, 6.07) is 6.28. The number of aromatic amines is 1. The fraction of sp³-hybridized carbons (Fsp3) is 0.500. The average molecular weight is 882 g/mol. The van der Waals surface area contributed by atoms with Gasteiger partial charge in [0.2, 0.25) is 35.4 Å². The number of aliphatic carboxylic acids is 1. The number of carbonyl (C=O) groups is 7. The number of nitrogens with two attached hydrogens (primary N) is 2. The number of aromatic nitrogens is 1. The number of aromatic hydroxyl groups is 1. The third kappa shape index (κ3) is 14.2. The topological polar surface area (TPSA) is 311 Å².